The molecule has 138 valence electrons. The van der Waals surface area contributed by atoms with E-state index in [2.05, 4.69) is 15.1 Å². The normalized spacial score (nSPS) is 21.1. The molecule has 9 heteroatoms. The third-order valence-electron chi connectivity index (χ3n) is 4.06. The highest BCUT2D eigenvalue weighted by Crippen LogP contribution is 2.28. The Morgan fingerprint density at radius 3 is 2.46 bits per heavy atom. The first-order valence-electron chi connectivity index (χ1n) is 8.00. The molecule has 0 radical (unpaired) electrons. The minimum Gasteiger partial charge on any atom is -0.410 e. The van der Waals surface area contributed by atoms with Gasteiger partial charge in [0.1, 0.15) is 11.4 Å². The summed E-state index contributed by atoms with van der Waals surface area (Å²) in [5, 5.41) is 12.3. The molecule has 0 unspecified atom stereocenters. The van der Waals surface area contributed by atoms with Gasteiger partial charge >= 0.3 is 0 Å². The zero-order valence-electron chi connectivity index (χ0n) is 14.2. The molecule has 26 heavy (non-hydrogen) atoms. The average Bonchev–Trinajstić information content (AvgIpc) is 2.60. The smallest absolute Gasteiger partial charge is 0.182 e. The summed E-state index contributed by atoms with van der Waals surface area (Å²) in [7, 11) is 0. The van der Waals surface area contributed by atoms with Crippen molar-refractivity contribution >= 4 is 23.0 Å². The van der Waals surface area contributed by atoms with Crippen LogP contribution in [0.3, 0.4) is 0 Å². The standard InChI is InChI=1S/C17H17ClF2N4O2/c1-9-7-24(8-10(2)26-9)12-4-3-11(13(19)14(12)20)15(23-25)16-17(18)22-6-5-21-16/h3-6,9-10,25H,7-8H2,1-2H3/t9-,10+. The highest BCUT2D eigenvalue weighted by atomic mass is 35.5. The van der Waals surface area contributed by atoms with E-state index in [1.165, 1.54) is 24.5 Å². The maximum absolute atomic E-state index is 14.8. The van der Waals surface area contributed by atoms with Crippen LogP contribution in [0.1, 0.15) is 25.1 Å². The van der Waals surface area contributed by atoms with Crippen molar-refractivity contribution in [2.45, 2.75) is 26.1 Å². The van der Waals surface area contributed by atoms with Crippen LogP contribution in [-0.4, -0.2) is 46.2 Å². The van der Waals surface area contributed by atoms with E-state index in [0.717, 1.165) is 0 Å². The molecule has 0 amide bonds. The van der Waals surface area contributed by atoms with Crippen LogP contribution in [0.2, 0.25) is 5.15 Å². The van der Waals surface area contributed by atoms with Gasteiger partial charge in [0, 0.05) is 31.0 Å². The van der Waals surface area contributed by atoms with Crippen LogP contribution in [0.4, 0.5) is 14.5 Å². The number of anilines is 1. The predicted molar refractivity (Wildman–Crippen MR) is 93.0 cm³/mol. The van der Waals surface area contributed by atoms with Gasteiger partial charge in [-0.05, 0) is 26.0 Å². The Bertz CT molecular complexity index is 840. The predicted octanol–water partition coefficient (Wildman–Crippen LogP) is 3.25. The molecule has 2 heterocycles. The number of oxime groups is 1. The summed E-state index contributed by atoms with van der Waals surface area (Å²) < 4.78 is 35.1. The highest BCUT2D eigenvalue weighted by molar-refractivity contribution is 6.33. The summed E-state index contributed by atoms with van der Waals surface area (Å²) in [6.07, 6.45) is 2.44. The van der Waals surface area contributed by atoms with Crippen molar-refractivity contribution < 1.29 is 18.7 Å². The van der Waals surface area contributed by atoms with Crippen molar-refractivity contribution in [1.82, 2.24) is 9.97 Å². The molecule has 0 saturated carbocycles. The minimum absolute atomic E-state index is 0.0451. The van der Waals surface area contributed by atoms with Crippen molar-refractivity contribution in [2.75, 3.05) is 18.0 Å². The molecule has 0 aliphatic carbocycles. The molecule has 1 aliphatic heterocycles. The zero-order chi connectivity index (χ0) is 18.8. The van der Waals surface area contributed by atoms with Crippen LogP contribution in [0.5, 0.6) is 0 Å². The Balaban J connectivity index is 2.01. The number of benzene rings is 1. The van der Waals surface area contributed by atoms with Gasteiger partial charge in [0.2, 0.25) is 0 Å². The Kier molecular flexibility index (Phi) is 5.33. The Morgan fingerprint density at radius 1 is 1.19 bits per heavy atom. The molecule has 2 atom stereocenters. The van der Waals surface area contributed by atoms with Crippen molar-refractivity contribution in [3.63, 3.8) is 0 Å². The van der Waals surface area contributed by atoms with Crippen LogP contribution < -0.4 is 4.90 Å². The van der Waals surface area contributed by atoms with E-state index in [-0.39, 0.29) is 40.0 Å². The fourth-order valence-corrected chi connectivity index (χ4v) is 3.24. The maximum atomic E-state index is 14.8. The van der Waals surface area contributed by atoms with Crippen LogP contribution in [-0.2, 0) is 4.74 Å². The summed E-state index contributed by atoms with van der Waals surface area (Å²) in [4.78, 5) is 9.46. The molecule has 1 aromatic carbocycles. The van der Waals surface area contributed by atoms with Gasteiger partial charge in [-0.25, -0.2) is 18.7 Å². The van der Waals surface area contributed by atoms with Gasteiger partial charge in [-0.1, -0.05) is 16.8 Å². The van der Waals surface area contributed by atoms with Gasteiger partial charge in [0.25, 0.3) is 0 Å². The second-order valence-corrected chi connectivity index (χ2v) is 6.42. The minimum atomic E-state index is -1.15. The number of ether oxygens (including phenoxy) is 1. The van der Waals surface area contributed by atoms with Crippen molar-refractivity contribution in [3.05, 3.63) is 52.6 Å². The summed E-state index contributed by atoms with van der Waals surface area (Å²) in [5.74, 6) is -2.19. The summed E-state index contributed by atoms with van der Waals surface area (Å²) in [6, 6.07) is 2.77. The first-order valence-corrected chi connectivity index (χ1v) is 8.37. The van der Waals surface area contributed by atoms with E-state index >= 15 is 0 Å². The van der Waals surface area contributed by atoms with E-state index in [4.69, 9.17) is 16.3 Å². The van der Waals surface area contributed by atoms with Gasteiger partial charge in [0.05, 0.1) is 17.9 Å². The van der Waals surface area contributed by atoms with E-state index < -0.39 is 11.6 Å². The van der Waals surface area contributed by atoms with Crippen molar-refractivity contribution in [1.29, 1.82) is 0 Å². The number of aromatic nitrogens is 2. The molecule has 0 spiro atoms. The van der Waals surface area contributed by atoms with Crippen molar-refractivity contribution in [3.8, 4) is 0 Å². The summed E-state index contributed by atoms with van der Waals surface area (Å²) >= 11 is 5.92. The van der Waals surface area contributed by atoms with E-state index in [0.29, 0.717) is 13.1 Å². The highest BCUT2D eigenvalue weighted by Gasteiger charge is 2.28. The third-order valence-corrected chi connectivity index (χ3v) is 4.33. The van der Waals surface area contributed by atoms with Crippen LogP contribution >= 0.6 is 11.6 Å². The second-order valence-electron chi connectivity index (χ2n) is 6.07. The van der Waals surface area contributed by atoms with Crippen LogP contribution in [0.25, 0.3) is 0 Å². The Hall–Kier alpha value is -2.32. The SMILES string of the molecule is C[C@@H]1CN(c2ccc(C(=NO)c3nccnc3Cl)c(F)c2F)C[C@H](C)O1. The molecule has 6 nitrogen and oxygen atoms in total. The van der Waals surface area contributed by atoms with Gasteiger partial charge in [-0.2, -0.15) is 0 Å². The van der Waals surface area contributed by atoms with E-state index in [1.54, 1.807) is 4.90 Å². The van der Waals surface area contributed by atoms with Gasteiger partial charge < -0.3 is 14.8 Å². The lowest BCUT2D eigenvalue weighted by molar-refractivity contribution is -0.00542. The molecule has 3 rings (SSSR count). The summed E-state index contributed by atoms with van der Waals surface area (Å²) in [5.41, 5.74) is -0.479. The molecule has 1 fully saturated rings. The second kappa shape index (κ2) is 7.51. The lowest BCUT2D eigenvalue weighted by atomic mass is 10.0. The topological polar surface area (TPSA) is 70.8 Å². The molecule has 1 N–H and O–H groups in total. The number of morpholine rings is 1. The van der Waals surface area contributed by atoms with E-state index in [1.807, 2.05) is 13.8 Å². The van der Waals surface area contributed by atoms with Crippen molar-refractivity contribution in [2.24, 2.45) is 5.16 Å². The lowest BCUT2D eigenvalue weighted by Crippen LogP contribution is -2.46. The molecular weight excluding hydrogens is 366 g/mol. The summed E-state index contributed by atoms with van der Waals surface area (Å²) in [6.45, 7) is 4.63. The number of nitrogens with zero attached hydrogens (tertiary/aromatic N) is 4. The fraction of sp³-hybridized carbons (Fsp3) is 0.353. The van der Waals surface area contributed by atoms with Gasteiger partial charge in [-0.15, -0.1) is 0 Å². The average molecular weight is 383 g/mol. The molecule has 2 aromatic rings. The fourth-order valence-electron chi connectivity index (χ4n) is 3.05. The van der Waals surface area contributed by atoms with Crippen LogP contribution in [0, 0.1) is 11.6 Å². The molecule has 1 aliphatic rings. The Morgan fingerprint density at radius 2 is 1.85 bits per heavy atom. The zero-order valence-corrected chi connectivity index (χ0v) is 14.9. The molecule has 1 aromatic heterocycles. The van der Waals surface area contributed by atoms with Gasteiger partial charge in [0.15, 0.2) is 16.8 Å². The first kappa shape index (κ1) is 18.5. The van der Waals surface area contributed by atoms with E-state index in [9.17, 15) is 14.0 Å². The molecule has 1 saturated heterocycles. The van der Waals surface area contributed by atoms with Crippen LogP contribution in [0.15, 0.2) is 29.7 Å². The molecule has 0 bridgehead atoms. The number of halogens is 3. The monoisotopic (exact) mass is 382 g/mol. The first-order chi connectivity index (χ1) is 12.4. The number of rotatable bonds is 3. The lowest BCUT2D eigenvalue weighted by Gasteiger charge is -2.37. The largest absolute Gasteiger partial charge is 0.410 e. The van der Waals surface area contributed by atoms with Gasteiger partial charge in [-0.3, -0.25) is 0 Å². The molecular formula is C17H17ClF2N4O2. The Labute approximate surface area is 154 Å². The quantitative estimate of drug-likeness (QED) is 0.501. The third kappa shape index (κ3) is 3.47. The maximum Gasteiger partial charge on any atom is 0.182 e. The number of hydrogen-bond donors (Lipinski definition) is 1. The number of hydrogen-bond acceptors (Lipinski definition) is 6.